The molecule has 0 saturated heterocycles. The molecule has 1 N–H and O–H groups in total. The molecule has 7 nitrogen and oxygen atoms in total. The van der Waals surface area contributed by atoms with E-state index in [1.807, 2.05) is 0 Å². The average molecular weight is 297 g/mol. The van der Waals surface area contributed by atoms with Gasteiger partial charge in [-0.1, -0.05) is 6.58 Å². The van der Waals surface area contributed by atoms with E-state index in [2.05, 4.69) is 27.7 Å². The van der Waals surface area contributed by atoms with Crippen molar-refractivity contribution in [3.8, 4) is 0 Å². The summed E-state index contributed by atoms with van der Waals surface area (Å²) in [6, 6.07) is 0. The van der Waals surface area contributed by atoms with Crippen molar-refractivity contribution in [2.45, 2.75) is 27.2 Å². The van der Waals surface area contributed by atoms with Gasteiger partial charge in [0.2, 0.25) is 0 Å². The van der Waals surface area contributed by atoms with Crippen LogP contribution in [-0.4, -0.2) is 34.9 Å². The van der Waals surface area contributed by atoms with Gasteiger partial charge in [0.05, 0.1) is 12.9 Å². The summed E-state index contributed by atoms with van der Waals surface area (Å²) in [4.78, 5) is 39.2. The maximum atomic E-state index is 10.4. The molecule has 0 aromatic carbocycles. The smallest absolute Gasteiger partial charge is 0.401 e. The van der Waals surface area contributed by atoms with Crippen LogP contribution >= 0.6 is 11.6 Å². The van der Waals surface area contributed by atoms with Gasteiger partial charge >= 0.3 is 17.4 Å². The number of carboxylic acid groups (broad SMARTS) is 1. The Bertz CT molecular complexity index is 308. The fourth-order valence-corrected chi connectivity index (χ4v) is 0.533. The Kier molecular flexibility index (Phi) is 18.9. The lowest BCUT2D eigenvalue weighted by atomic mass is 10.3. The van der Waals surface area contributed by atoms with Crippen LogP contribution in [0.4, 0.5) is 4.79 Å². The lowest BCUT2D eigenvalue weighted by molar-refractivity contribution is -0.145. The van der Waals surface area contributed by atoms with Gasteiger partial charge in [-0.3, -0.25) is 14.4 Å². The minimum absolute atomic E-state index is 0.103. The van der Waals surface area contributed by atoms with E-state index in [0.717, 1.165) is 6.26 Å². The van der Waals surface area contributed by atoms with E-state index < -0.39 is 11.4 Å². The summed E-state index contributed by atoms with van der Waals surface area (Å²) >= 11 is 4.19. The number of ether oxygens (including phenoxy) is 2. The molecule has 19 heavy (non-hydrogen) atoms. The summed E-state index contributed by atoms with van der Waals surface area (Å²) in [6.45, 7) is 7.88. The highest BCUT2D eigenvalue weighted by Gasteiger charge is 2.03. The van der Waals surface area contributed by atoms with E-state index in [9.17, 15) is 14.4 Å². The number of carbonyl (C=O) groups excluding carboxylic acids is 3. The zero-order chi connectivity index (χ0) is 15.8. The molecule has 0 spiro atoms. The number of carbonyl (C=O) groups is 4. The summed E-state index contributed by atoms with van der Waals surface area (Å²) in [5.74, 6) is -0.927. The molecule has 0 aromatic rings. The summed E-state index contributed by atoms with van der Waals surface area (Å²) < 4.78 is 8.66. The van der Waals surface area contributed by atoms with Crippen molar-refractivity contribution in [2.24, 2.45) is 0 Å². The Morgan fingerprint density at radius 2 is 1.68 bits per heavy atom. The number of ketones is 1. The van der Waals surface area contributed by atoms with Gasteiger partial charge in [0, 0.05) is 18.5 Å². The minimum atomic E-state index is -1.36. The highest BCUT2D eigenvalue weighted by molar-refractivity contribution is 6.60. The molecule has 0 unspecified atom stereocenters. The molecule has 0 aliphatic rings. The Morgan fingerprint density at radius 3 is 1.84 bits per heavy atom. The third-order valence-electron chi connectivity index (χ3n) is 0.948. The first-order valence-electron chi connectivity index (χ1n) is 4.98. The summed E-state index contributed by atoms with van der Waals surface area (Å²) in [6.07, 6.45) is 0.996. The average Bonchev–Trinajstić information content (AvgIpc) is 2.15. The van der Waals surface area contributed by atoms with Crippen molar-refractivity contribution in [2.75, 3.05) is 6.61 Å². The van der Waals surface area contributed by atoms with E-state index in [4.69, 9.17) is 9.90 Å². The molecule has 0 atom stereocenters. The first-order chi connectivity index (χ1) is 8.67. The molecule has 0 amide bonds. The molecular formula is C11H17ClO7. The molecule has 0 radical (unpaired) electrons. The molecule has 8 heteroatoms. The molecule has 0 saturated carbocycles. The van der Waals surface area contributed by atoms with Crippen LogP contribution in [0.1, 0.15) is 27.2 Å². The van der Waals surface area contributed by atoms with Gasteiger partial charge in [-0.15, -0.1) is 0 Å². The summed E-state index contributed by atoms with van der Waals surface area (Å²) in [5.41, 5.74) is -1.36. The lowest BCUT2D eigenvalue weighted by Crippen LogP contribution is -2.07. The molecule has 0 aliphatic heterocycles. The minimum Gasteiger partial charge on any atom is -0.469 e. The number of esters is 2. The normalized spacial score (nSPS) is 7.58. The second kappa shape index (κ2) is 16.1. The maximum Gasteiger partial charge on any atom is 0.401 e. The van der Waals surface area contributed by atoms with E-state index in [0.29, 0.717) is 6.61 Å². The molecule has 0 bridgehead atoms. The Hall–Kier alpha value is -1.89. The summed E-state index contributed by atoms with van der Waals surface area (Å²) in [5, 5.41) is 7.18. The van der Waals surface area contributed by atoms with Crippen LogP contribution in [0.5, 0.6) is 0 Å². The van der Waals surface area contributed by atoms with Crippen LogP contribution in [0, 0.1) is 0 Å². The largest absolute Gasteiger partial charge is 0.469 e. The third kappa shape index (κ3) is 48.8. The van der Waals surface area contributed by atoms with Gasteiger partial charge in [-0.05, 0) is 13.8 Å². The van der Waals surface area contributed by atoms with E-state index in [-0.39, 0.29) is 18.2 Å². The van der Waals surface area contributed by atoms with Crippen LogP contribution in [0.3, 0.4) is 0 Å². The highest BCUT2D eigenvalue weighted by Crippen LogP contribution is 1.86. The highest BCUT2D eigenvalue weighted by atomic mass is 35.5. The lowest BCUT2D eigenvalue weighted by Gasteiger charge is -1.96. The van der Waals surface area contributed by atoms with Gasteiger partial charge in [0.15, 0.2) is 0 Å². The van der Waals surface area contributed by atoms with Crippen molar-refractivity contribution in [1.29, 1.82) is 0 Å². The Labute approximate surface area is 116 Å². The Morgan fingerprint density at radius 1 is 1.26 bits per heavy atom. The van der Waals surface area contributed by atoms with Crippen molar-refractivity contribution >= 4 is 34.8 Å². The van der Waals surface area contributed by atoms with Crippen LogP contribution in [-0.2, 0) is 23.9 Å². The zero-order valence-electron chi connectivity index (χ0n) is 11.0. The number of rotatable bonds is 4. The van der Waals surface area contributed by atoms with E-state index in [1.165, 1.54) is 13.8 Å². The first kappa shape index (κ1) is 22.3. The van der Waals surface area contributed by atoms with Crippen LogP contribution in [0.2, 0.25) is 0 Å². The van der Waals surface area contributed by atoms with Gasteiger partial charge in [0.1, 0.15) is 12.2 Å². The Balaban J connectivity index is -0.000000222. The van der Waals surface area contributed by atoms with Gasteiger partial charge in [-0.25, -0.2) is 4.79 Å². The van der Waals surface area contributed by atoms with Crippen molar-refractivity contribution in [1.82, 2.24) is 0 Å². The van der Waals surface area contributed by atoms with Crippen molar-refractivity contribution in [3.63, 3.8) is 0 Å². The van der Waals surface area contributed by atoms with Crippen molar-refractivity contribution in [3.05, 3.63) is 12.8 Å². The maximum absolute atomic E-state index is 10.4. The number of hydrogen-bond acceptors (Lipinski definition) is 6. The number of halogens is 1. The fraction of sp³-hybridized carbons (Fsp3) is 0.455. The van der Waals surface area contributed by atoms with E-state index >= 15 is 0 Å². The monoisotopic (exact) mass is 296 g/mol. The summed E-state index contributed by atoms with van der Waals surface area (Å²) in [7, 11) is 0. The topological polar surface area (TPSA) is 107 Å². The molecule has 0 rings (SSSR count). The molecule has 0 aromatic heterocycles. The third-order valence-corrected chi connectivity index (χ3v) is 0.948. The predicted octanol–water partition coefficient (Wildman–Crippen LogP) is 2.12. The second-order valence-electron chi connectivity index (χ2n) is 2.71. The standard InChI is InChI=1S/C6H10O3.C4H6O2.CHClO2/c1-3-9-6(8)4-5(2)7;1-3-6-4(2)5;2-1(3)4/h3-4H2,1-2H3;3H,1H2,2H3;(H,3,4). The van der Waals surface area contributed by atoms with Crippen molar-refractivity contribution < 1.29 is 33.8 Å². The fourth-order valence-electron chi connectivity index (χ4n) is 0.533. The van der Waals surface area contributed by atoms with Gasteiger partial charge in [-0.2, -0.15) is 0 Å². The molecule has 0 fully saturated rings. The molecular weight excluding hydrogens is 280 g/mol. The van der Waals surface area contributed by atoms with Crippen LogP contribution < -0.4 is 0 Å². The zero-order valence-corrected chi connectivity index (χ0v) is 11.7. The molecule has 110 valence electrons. The first-order valence-corrected chi connectivity index (χ1v) is 5.36. The number of hydrogen-bond donors (Lipinski definition) is 1. The quantitative estimate of drug-likeness (QED) is 0.366. The van der Waals surface area contributed by atoms with Crippen LogP contribution in [0.25, 0.3) is 0 Å². The second-order valence-corrected chi connectivity index (χ2v) is 3.04. The van der Waals surface area contributed by atoms with Gasteiger partial charge in [0.25, 0.3) is 0 Å². The molecule has 0 aliphatic carbocycles. The SMILES string of the molecule is C=COC(C)=O.CCOC(=O)CC(C)=O.O=C(O)Cl. The van der Waals surface area contributed by atoms with E-state index in [1.54, 1.807) is 6.92 Å². The van der Waals surface area contributed by atoms with Crippen LogP contribution in [0.15, 0.2) is 12.8 Å². The predicted molar refractivity (Wildman–Crippen MR) is 67.8 cm³/mol. The number of Topliss-reactive ketones (excluding diaryl/α,β-unsaturated/α-hetero) is 1. The molecule has 0 heterocycles. The van der Waals surface area contributed by atoms with Gasteiger partial charge < -0.3 is 14.6 Å².